The largest absolute Gasteiger partial charge is 0.494 e. The molecule has 1 aliphatic rings. The van der Waals surface area contributed by atoms with Gasteiger partial charge in [-0.05, 0) is 38.0 Å². The molecule has 0 unspecified atom stereocenters. The summed E-state index contributed by atoms with van der Waals surface area (Å²) in [6.45, 7) is 1.77. The number of halogens is 3. The molecular weight excluding hydrogens is 313 g/mol. The number of nitrogens with one attached hydrogen (secondary N) is 1. The van der Waals surface area contributed by atoms with Crippen molar-refractivity contribution in [2.45, 2.75) is 32.0 Å². The Hall–Kier alpha value is -1.96. The Labute approximate surface area is 132 Å². The van der Waals surface area contributed by atoms with Gasteiger partial charge in [-0.1, -0.05) is 0 Å². The number of rotatable bonds is 6. The lowest BCUT2D eigenvalue weighted by molar-refractivity contribution is -0.137. The Balaban J connectivity index is 2.22. The summed E-state index contributed by atoms with van der Waals surface area (Å²) >= 11 is 0. The molecule has 2 rings (SSSR count). The van der Waals surface area contributed by atoms with Crippen molar-refractivity contribution in [2.24, 2.45) is 0 Å². The molecule has 0 bridgehead atoms. The molecule has 2 amide bonds. The summed E-state index contributed by atoms with van der Waals surface area (Å²) in [5, 5.41) is 11.3. The lowest BCUT2D eigenvalue weighted by Gasteiger charge is -2.23. The van der Waals surface area contributed by atoms with E-state index in [1.54, 1.807) is 6.92 Å². The van der Waals surface area contributed by atoms with Crippen molar-refractivity contribution in [1.82, 2.24) is 4.90 Å². The topological polar surface area (TPSA) is 61.8 Å². The van der Waals surface area contributed by atoms with Gasteiger partial charge in [0, 0.05) is 12.6 Å². The van der Waals surface area contributed by atoms with E-state index in [0.29, 0.717) is 0 Å². The number of carbonyl (C=O) groups is 1. The van der Waals surface area contributed by atoms with Gasteiger partial charge in [0.1, 0.15) is 5.75 Å². The van der Waals surface area contributed by atoms with Crippen LogP contribution in [0.15, 0.2) is 18.2 Å². The molecule has 1 aliphatic carbocycles. The Morgan fingerprint density at radius 1 is 1.43 bits per heavy atom. The molecule has 0 atom stereocenters. The maximum atomic E-state index is 13.2. The monoisotopic (exact) mass is 332 g/mol. The number of aliphatic hydroxyl groups is 1. The molecule has 1 fully saturated rings. The fourth-order valence-electron chi connectivity index (χ4n) is 2.25. The number of amides is 2. The van der Waals surface area contributed by atoms with Crippen molar-refractivity contribution >= 4 is 11.7 Å². The number of nitrogens with zero attached hydrogens (tertiary/aromatic N) is 1. The second-order valence-electron chi connectivity index (χ2n) is 5.22. The highest BCUT2D eigenvalue weighted by Gasteiger charge is 2.36. The molecule has 2 N–H and O–H groups in total. The van der Waals surface area contributed by atoms with E-state index in [9.17, 15) is 18.0 Å². The van der Waals surface area contributed by atoms with Crippen molar-refractivity contribution in [3.8, 4) is 5.75 Å². The number of hydrogen-bond donors (Lipinski definition) is 2. The number of benzene rings is 1. The van der Waals surface area contributed by atoms with Gasteiger partial charge in [0.05, 0.1) is 24.5 Å². The third kappa shape index (κ3) is 4.51. The van der Waals surface area contributed by atoms with Crippen LogP contribution in [0, 0.1) is 0 Å². The molecule has 1 aromatic carbocycles. The van der Waals surface area contributed by atoms with Gasteiger partial charge in [0.2, 0.25) is 0 Å². The molecule has 23 heavy (non-hydrogen) atoms. The first-order valence-corrected chi connectivity index (χ1v) is 7.39. The average molecular weight is 332 g/mol. The summed E-state index contributed by atoms with van der Waals surface area (Å²) in [7, 11) is 0. The van der Waals surface area contributed by atoms with Crippen molar-refractivity contribution < 1.29 is 27.8 Å². The second kappa shape index (κ2) is 7.08. The number of anilines is 1. The van der Waals surface area contributed by atoms with Crippen LogP contribution in [-0.2, 0) is 6.18 Å². The minimum atomic E-state index is -4.61. The highest BCUT2D eigenvalue weighted by molar-refractivity contribution is 5.90. The van der Waals surface area contributed by atoms with Gasteiger partial charge in [0.25, 0.3) is 0 Å². The van der Waals surface area contributed by atoms with Crippen molar-refractivity contribution in [1.29, 1.82) is 0 Å². The minimum Gasteiger partial charge on any atom is -0.494 e. The van der Waals surface area contributed by atoms with E-state index in [0.717, 1.165) is 18.9 Å². The normalized spacial score (nSPS) is 14.5. The third-order valence-electron chi connectivity index (χ3n) is 3.44. The van der Waals surface area contributed by atoms with E-state index < -0.39 is 17.8 Å². The molecule has 5 nitrogen and oxygen atoms in total. The molecule has 0 aliphatic heterocycles. The number of aliphatic hydroxyl groups excluding tert-OH is 1. The zero-order chi connectivity index (χ0) is 17.0. The second-order valence-corrected chi connectivity index (χ2v) is 5.22. The zero-order valence-corrected chi connectivity index (χ0v) is 12.7. The zero-order valence-electron chi connectivity index (χ0n) is 12.7. The summed E-state index contributed by atoms with van der Waals surface area (Å²) in [4.78, 5) is 13.5. The number of alkyl halides is 3. The first-order chi connectivity index (χ1) is 10.9. The van der Waals surface area contributed by atoms with Gasteiger partial charge < -0.3 is 20.1 Å². The van der Waals surface area contributed by atoms with E-state index in [-0.39, 0.29) is 37.2 Å². The van der Waals surface area contributed by atoms with Crippen LogP contribution in [0.2, 0.25) is 0 Å². The predicted octanol–water partition coefficient (Wildman–Crippen LogP) is 3.09. The summed E-state index contributed by atoms with van der Waals surface area (Å²) < 4.78 is 44.6. The lowest BCUT2D eigenvalue weighted by atomic mass is 10.1. The molecule has 128 valence electrons. The predicted molar refractivity (Wildman–Crippen MR) is 78.4 cm³/mol. The Morgan fingerprint density at radius 3 is 2.65 bits per heavy atom. The maximum Gasteiger partial charge on any atom is 0.418 e. The van der Waals surface area contributed by atoms with Crippen LogP contribution >= 0.6 is 0 Å². The summed E-state index contributed by atoms with van der Waals surface area (Å²) in [5.74, 6) is 0.0900. The van der Waals surface area contributed by atoms with Crippen molar-refractivity contribution in [2.75, 3.05) is 25.1 Å². The van der Waals surface area contributed by atoms with Gasteiger partial charge in [-0.15, -0.1) is 0 Å². The summed E-state index contributed by atoms with van der Waals surface area (Å²) in [6.07, 6.45) is -3.03. The van der Waals surface area contributed by atoms with Gasteiger partial charge in [0.15, 0.2) is 0 Å². The van der Waals surface area contributed by atoms with Crippen molar-refractivity contribution in [3.05, 3.63) is 23.8 Å². The Bertz CT molecular complexity index is 559. The van der Waals surface area contributed by atoms with Gasteiger partial charge >= 0.3 is 12.2 Å². The fraction of sp³-hybridized carbons (Fsp3) is 0.533. The van der Waals surface area contributed by atoms with E-state index in [2.05, 4.69) is 5.32 Å². The quantitative estimate of drug-likeness (QED) is 0.841. The van der Waals surface area contributed by atoms with E-state index in [4.69, 9.17) is 9.84 Å². The number of urea groups is 1. The lowest BCUT2D eigenvalue weighted by Crippen LogP contribution is -2.39. The molecular formula is C15H19F3N2O3. The number of ether oxygens (including phenoxy) is 1. The van der Waals surface area contributed by atoms with Crippen molar-refractivity contribution in [3.63, 3.8) is 0 Å². The maximum absolute atomic E-state index is 13.2. The standard InChI is InChI=1S/C15H19F3N2O3/c1-2-23-11-5-6-13(12(9-11)15(16,17)18)19-14(22)20(7-8-21)10-3-4-10/h5-6,9-10,21H,2-4,7-8H2,1H3,(H,19,22). The first-order valence-electron chi connectivity index (χ1n) is 7.39. The fourth-order valence-corrected chi connectivity index (χ4v) is 2.25. The molecule has 0 radical (unpaired) electrons. The number of hydrogen-bond acceptors (Lipinski definition) is 3. The SMILES string of the molecule is CCOc1ccc(NC(=O)N(CCO)C2CC2)c(C(F)(F)F)c1. The Kier molecular flexibility index (Phi) is 5.35. The summed E-state index contributed by atoms with van der Waals surface area (Å²) in [6, 6.07) is 2.76. The molecule has 1 aromatic rings. The highest BCUT2D eigenvalue weighted by Crippen LogP contribution is 2.37. The van der Waals surface area contributed by atoms with Gasteiger partial charge in [-0.3, -0.25) is 0 Å². The molecule has 0 spiro atoms. The molecule has 8 heteroatoms. The van der Waals surface area contributed by atoms with E-state index in [1.807, 2.05) is 0 Å². The van der Waals surface area contributed by atoms with Crippen LogP contribution < -0.4 is 10.1 Å². The third-order valence-corrected chi connectivity index (χ3v) is 3.44. The Morgan fingerprint density at radius 2 is 2.13 bits per heavy atom. The molecule has 0 saturated heterocycles. The van der Waals surface area contributed by atoms with Crippen LogP contribution in [0.5, 0.6) is 5.75 Å². The van der Waals surface area contributed by atoms with Gasteiger partial charge in [-0.2, -0.15) is 13.2 Å². The minimum absolute atomic E-state index is 0.0146. The molecule has 0 aromatic heterocycles. The van der Waals surface area contributed by atoms with Crippen LogP contribution in [0.25, 0.3) is 0 Å². The first kappa shape index (κ1) is 17.4. The van der Waals surface area contributed by atoms with Crippen LogP contribution in [0.3, 0.4) is 0 Å². The molecule has 0 heterocycles. The van der Waals surface area contributed by atoms with Crippen LogP contribution in [-0.4, -0.2) is 41.8 Å². The van der Waals surface area contributed by atoms with Crippen LogP contribution in [0.1, 0.15) is 25.3 Å². The van der Waals surface area contributed by atoms with E-state index in [1.165, 1.54) is 17.0 Å². The smallest absolute Gasteiger partial charge is 0.418 e. The average Bonchev–Trinajstić information content (AvgIpc) is 3.30. The van der Waals surface area contributed by atoms with E-state index >= 15 is 0 Å². The number of carbonyl (C=O) groups excluding carboxylic acids is 1. The highest BCUT2D eigenvalue weighted by atomic mass is 19.4. The van der Waals surface area contributed by atoms with Crippen LogP contribution in [0.4, 0.5) is 23.7 Å². The van der Waals surface area contributed by atoms with Gasteiger partial charge in [-0.25, -0.2) is 4.79 Å². The molecule has 1 saturated carbocycles. The summed E-state index contributed by atoms with van der Waals surface area (Å²) in [5.41, 5.74) is -1.29.